The monoisotopic (exact) mass is 1070 g/mol. The highest BCUT2D eigenvalue weighted by Crippen LogP contribution is 2.46. The van der Waals surface area contributed by atoms with Gasteiger partial charge in [-0.1, -0.05) is 110 Å². The molecule has 2 bridgehead atoms. The number of hydrazine groups is 1. The Morgan fingerprint density at radius 3 is 2.34 bits per heavy atom. The average Bonchev–Trinajstić information content (AvgIpc) is 3.42. The maximum Gasteiger partial charge on any atom is 0.325 e. The van der Waals surface area contributed by atoms with E-state index in [4.69, 9.17) is 9.47 Å². The normalized spacial score (nSPS) is 33.4. The number of amides is 4. The number of rotatable bonds is 15. The standard InChI is InChI=1S/C60H91N5O12/c1-11-44-31-39(7)60(63-55(44)71)42(10)54(70)41(9)51(77-60)34-49(68)36(4)21-16-14-17-22-37(5)50-27-18-13-12-15-23-38(6)53(69)46(29-28-40(8)66)56(72)62-52(35(2)3)57(73)61-48(33-43-24-19-25-45(67)32-43)58(74)65-30-20-26-47(64-65)59(75)76-50/h12-15,17-19,22,24-25,32,35-36,38-39,41-42,44,46-54,64,67-70H,11,16,20-21,23,26-31,33-34H2,1-10H3,(H,61,73)(H,62,72)(H,63,71)/t36-,38-,39-,41-,42-,44-,46+,47?,48-,49-,50-,51-,52-,53+,54-,60+/m0/s1. The molecule has 17 nitrogen and oxygen atoms in total. The zero-order valence-corrected chi connectivity index (χ0v) is 47.3. The predicted molar refractivity (Wildman–Crippen MR) is 294 cm³/mol. The van der Waals surface area contributed by atoms with Crippen LogP contribution in [0.25, 0.3) is 0 Å². The van der Waals surface area contributed by atoms with Gasteiger partial charge in [0.25, 0.3) is 5.91 Å². The third-order valence-electron chi connectivity index (χ3n) is 16.7. The van der Waals surface area contributed by atoms with E-state index in [0.717, 1.165) is 12.0 Å². The first-order valence-electron chi connectivity index (χ1n) is 28.3. The number of phenols is 1. The van der Waals surface area contributed by atoms with E-state index in [2.05, 4.69) is 28.3 Å². The number of aliphatic hydroxyl groups excluding tert-OH is 3. The Kier molecular flexibility index (Phi) is 23.7. The minimum Gasteiger partial charge on any atom is -0.508 e. The summed E-state index contributed by atoms with van der Waals surface area (Å²) in [6, 6.07) is 3.11. The van der Waals surface area contributed by atoms with Crippen LogP contribution in [0.15, 0.2) is 72.4 Å². The topological polar surface area (TPSA) is 253 Å². The van der Waals surface area contributed by atoms with E-state index in [9.17, 15) is 49.2 Å². The number of fused-ring (bicyclic) bond motifs is 2. The number of piperidine rings is 1. The van der Waals surface area contributed by atoms with Crippen LogP contribution in [0.3, 0.4) is 0 Å². The van der Waals surface area contributed by atoms with Crippen molar-refractivity contribution in [2.45, 2.75) is 201 Å². The molecule has 0 aromatic heterocycles. The fourth-order valence-corrected chi connectivity index (χ4v) is 11.3. The number of carbonyl (C=O) groups excluding carboxylic acids is 6. The van der Waals surface area contributed by atoms with Crippen molar-refractivity contribution in [3.8, 4) is 5.75 Å². The van der Waals surface area contributed by atoms with Crippen molar-refractivity contribution in [3.05, 3.63) is 77.9 Å². The Morgan fingerprint density at radius 2 is 1.66 bits per heavy atom. The SMILES string of the molecule is CC[C@H]1C[C@H](C)[C@@]2(NC1=O)O[C@@H](C[C@H](O)[C@@H](C)CCC=CC=C(C)[C@@H]1CC=CC=CC[C@H](C)[C@@H](O)[C@@H](CCC(C)=O)C(=O)N[C@@H](C(C)C)C(=O)N[C@@H](Cc3cccc(O)c3)C(=O)N3CCCC(N3)C(=O)O1)[C@H](C)[C@H](O)[C@@H]2C. The van der Waals surface area contributed by atoms with Gasteiger partial charge >= 0.3 is 5.97 Å². The minimum atomic E-state index is -1.20. The Bertz CT molecular complexity index is 2300. The maximum absolute atomic E-state index is 14.5. The fraction of sp³-hybridized carbons (Fsp3) is 0.667. The number of esters is 1. The van der Waals surface area contributed by atoms with Gasteiger partial charge < -0.3 is 50.6 Å². The van der Waals surface area contributed by atoms with E-state index < -0.39 is 95.8 Å². The number of phenolic OH excluding ortho intramolecular Hbond substituents is 1. The van der Waals surface area contributed by atoms with Crippen LogP contribution in [0, 0.1) is 47.3 Å². The van der Waals surface area contributed by atoms with E-state index in [1.54, 1.807) is 26.0 Å². The zero-order chi connectivity index (χ0) is 56.7. The number of nitrogens with one attached hydrogen (secondary N) is 4. The summed E-state index contributed by atoms with van der Waals surface area (Å²) in [4.78, 5) is 82.1. The molecule has 4 heterocycles. The van der Waals surface area contributed by atoms with Crippen molar-refractivity contribution in [1.29, 1.82) is 0 Å². The van der Waals surface area contributed by atoms with Gasteiger partial charge in [0.15, 0.2) is 0 Å². The molecule has 1 unspecified atom stereocenters. The Hall–Kier alpha value is -5.20. The summed E-state index contributed by atoms with van der Waals surface area (Å²) >= 11 is 0. The van der Waals surface area contributed by atoms with Crippen LogP contribution in [0.5, 0.6) is 5.75 Å². The molecule has 1 spiro atoms. The lowest BCUT2D eigenvalue weighted by atomic mass is 9.69. The van der Waals surface area contributed by atoms with E-state index in [-0.39, 0.29) is 72.8 Å². The number of allylic oxidation sites excluding steroid dienone is 6. The van der Waals surface area contributed by atoms with Crippen LogP contribution in [-0.4, -0.2) is 122 Å². The second kappa shape index (κ2) is 29.1. The van der Waals surface area contributed by atoms with E-state index >= 15 is 0 Å². The summed E-state index contributed by atoms with van der Waals surface area (Å²) in [7, 11) is 0. The number of benzene rings is 1. The van der Waals surface area contributed by atoms with E-state index in [1.807, 2.05) is 84.1 Å². The van der Waals surface area contributed by atoms with Crippen molar-refractivity contribution in [2.75, 3.05) is 6.54 Å². The van der Waals surface area contributed by atoms with Gasteiger partial charge in [-0.2, -0.15) is 0 Å². The number of ketones is 1. The summed E-state index contributed by atoms with van der Waals surface area (Å²) < 4.78 is 13.0. The highest BCUT2D eigenvalue weighted by atomic mass is 16.5. The van der Waals surface area contributed by atoms with Gasteiger partial charge in [0.1, 0.15) is 41.5 Å². The van der Waals surface area contributed by atoms with Gasteiger partial charge in [-0.15, -0.1) is 0 Å². The molecule has 0 aliphatic carbocycles. The molecule has 1 aromatic carbocycles. The first-order chi connectivity index (χ1) is 36.5. The molecule has 17 heteroatoms. The summed E-state index contributed by atoms with van der Waals surface area (Å²) in [5, 5.41) is 54.9. The Morgan fingerprint density at radius 1 is 0.948 bits per heavy atom. The van der Waals surface area contributed by atoms with E-state index in [0.29, 0.717) is 56.9 Å². The molecule has 3 saturated heterocycles. The molecule has 3 fully saturated rings. The van der Waals surface area contributed by atoms with E-state index in [1.165, 1.54) is 24.1 Å². The lowest BCUT2D eigenvalue weighted by Crippen LogP contribution is -2.71. The van der Waals surface area contributed by atoms with Gasteiger partial charge in [0.2, 0.25) is 17.7 Å². The smallest absolute Gasteiger partial charge is 0.325 e. The fourth-order valence-electron chi connectivity index (χ4n) is 11.3. The van der Waals surface area contributed by atoms with Crippen molar-refractivity contribution in [2.24, 2.45) is 47.3 Å². The van der Waals surface area contributed by atoms with Crippen molar-refractivity contribution in [1.82, 2.24) is 26.4 Å². The van der Waals surface area contributed by atoms with Gasteiger partial charge in [0.05, 0.1) is 30.3 Å². The number of hydrogen-bond donors (Lipinski definition) is 8. The molecule has 77 heavy (non-hydrogen) atoms. The Balaban J connectivity index is 1.33. The molecular formula is C60H91N5O12. The second-order valence-electron chi connectivity index (χ2n) is 23.1. The molecule has 4 aliphatic rings. The quantitative estimate of drug-likeness (QED) is 0.0697. The second-order valence-corrected chi connectivity index (χ2v) is 23.1. The first kappa shape index (κ1) is 62.6. The summed E-state index contributed by atoms with van der Waals surface area (Å²) in [5.41, 5.74) is 3.38. The summed E-state index contributed by atoms with van der Waals surface area (Å²) in [6.07, 6.45) is 14.1. The molecular weight excluding hydrogens is 983 g/mol. The predicted octanol–water partition coefficient (Wildman–Crippen LogP) is 6.44. The molecule has 0 saturated carbocycles. The van der Waals surface area contributed by atoms with Crippen LogP contribution in [0.4, 0.5) is 0 Å². The molecule has 4 aliphatic heterocycles. The van der Waals surface area contributed by atoms with Crippen LogP contribution >= 0.6 is 0 Å². The molecule has 0 radical (unpaired) electrons. The van der Waals surface area contributed by atoms with Gasteiger partial charge in [-0.25, -0.2) is 5.43 Å². The molecule has 16 atom stereocenters. The lowest BCUT2D eigenvalue weighted by molar-refractivity contribution is -0.267. The molecule has 1 aromatic rings. The van der Waals surface area contributed by atoms with Crippen LogP contribution < -0.4 is 21.4 Å². The summed E-state index contributed by atoms with van der Waals surface area (Å²) in [6.45, 7) is 18.7. The van der Waals surface area contributed by atoms with Crippen LogP contribution in [0.1, 0.15) is 145 Å². The number of Topliss-reactive ketones (excluding diaryl/α,β-unsaturated/α-hetero) is 1. The minimum absolute atomic E-state index is 0.0152. The van der Waals surface area contributed by atoms with Gasteiger partial charge in [-0.3, -0.25) is 29.0 Å². The lowest BCUT2D eigenvalue weighted by Gasteiger charge is -2.56. The third kappa shape index (κ3) is 16.9. The van der Waals surface area contributed by atoms with Crippen molar-refractivity contribution in [3.63, 3.8) is 0 Å². The van der Waals surface area contributed by atoms with Crippen molar-refractivity contribution >= 4 is 35.4 Å². The van der Waals surface area contributed by atoms with Crippen LogP contribution in [0.2, 0.25) is 0 Å². The number of cyclic esters (lactones) is 1. The van der Waals surface area contributed by atoms with Crippen molar-refractivity contribution < 1.29 is 58.7 Å². The highest BCUT2D eigenvalue weighted by molar-refractivity contribution is 5.93. The number of ether oxygens (including phenoxy) is 2. The average molecular weight is 1070 g/mol. The molecule has 5 rings (SSSR count). The summed E-state index contributed by atoms with van der Waals surface area (Å²) in [5.74, 6) is -5.23. The number of aliphatic hydroxyl groups is 3. The highest BCUT2D eigenvalue weighted by Gasteiger charge is 2.57. The largest absolute Gasteiger partial charge is 0.508 e. The molecule has 4 amide bonds. The zero-order valence-electron chi connectivity index (χ0n) is 47.3. The van der Waals surface area contributed by atoms with Gasteiger partial charge in [-0.05, 0) is 106 Å². The Labute approximate surface area is 457 Å². The van der Waals surface area contributed by atoms with Crippen LogP contribution in [-0.2, 0) is 44.7 Å². The number of carbonyl (C=O) groups is 6. The first-order valence-corrected chi connectivity index (χ1v) is 28.3. The maximum atomic E-state index is 14.5. The molecule has 8 N–H and O–H groups in total. The third-order valence-corrected chi connectivity index (χ3v) is 16.7. The molecule has 428 valence electrons. The number of hydrogen-bond acceptors (Lipinski definition) is 13. The number of nitrogens with zero attached hydrogens (tertiary/aromatic N) is 1. The van der Waals surface area contributed by atoms with Gasteiger partial charge in [0, 0.05) is 55.9 Å². The number of aromatic hydroxyl groups is 1.